The minimum absolute atomic E-state index is 0.117. The van der Waals surface area contributed by atoms with Gasteiger partial charge in [-0.3, -0.25) is 4.57 Å². The fourth-order valence-corrected chi connectivity index (χ4v) is 4.39. The van der Waals surface area contributed by atoms with Crippen LogP contribution in [0.2, 0.25) is 0 Å². The van der Waals surface area contributed by atoms with Crippen LogP contribution < -0.4 is 4.80 Å². The number of amides is 2. The van der Waals surface area contributed by atoms with Crippen molar-refractivity contribution in [3.05, 3.63) is 46.0 Å². The first-order valence-corrected chi connectivity index (χ1v) is 9.05. The average Bonchev–Trinajstić information content (AvgIpc) is 3.27. The second-order valence-corrected chi connectivity index (χ2v) is 7.05. The van der Waals surface area contributed by atoms with Gasteiger partial charge in [-0.05, 0) is 18.9 Å². The third-order valence-electron chi connectivity index (χ3n) is 3.88. The quantitative estimate of drug-likeness (QED) is 0.668. The van der Waals surface area contributed by atoms with Gasteiger partial charge in [-0.1, -0.05) is 18.2 Å². The number of hydrogen-bond acceptors (Lipinski definition) is 3. The highest BCUT2D eigenvalue weighted by molar-refractivity contribution is 7.17. The number of thiazole rings is 1. The number of urea groups is 1. The van der Waals surface area contributed by atoms with Crippen LogP contribution >= 0.6 is 22.7 Å². The summed E-state index contributed by atoms with van der Waals surface area (Å²) in [6.45, 7) is 1.66. The van der Waals surface area contributed by atoms with Crippen molar-refractivity contribution < 1.29 is 4.79 Å². The fraction of sp³-hybridized carbons (Fsp3) is 0.250. The van der Waals surface area contributed by atoms with Crippen molar-refractivity contribution in [2.24, 2.45) is 4.99 Å². The molecule has 2 aromatic heterocycles. The lowest BCUT2D eigenvalue weighted by molar-refractivity contribution is 0.218. The van der Waals surface area contributed by atoms with Crippen LogP contribution in [0.4, 0.5) is 4.79 Å². The first-order chi connectivity index (χ1) is 10.8. The standard InChI is InChI=1S/C16H15N3OS2/c20-15(18-7-3-4-8-18)17-16-19(9-10-21-16)13-11-22-14-6-2-1-5-12(13)14/h1-2,5-6,9-11H,3-4,7-8H2. The van der Waals surface area contributed by atoms with Gasteiger partial charge in [0.05, 0.1) is 5.69 Å². The topological polar surface area (TPSA) is 37.6 Å². The van der Waals surface area contributed by atoms with Crippen LogP contribution in [-0.4, -0.2) is 28.6 Å². The molecular formula is C16H15N3OS2. The van der Waals surface area contributed by atoms with E-state index >= 15 is 0 Å². The van der Waals surface area contributed by atoms with Crippen LogP contribution in [0.3, 0.4) is 0 Å². The fourth-order valence-electron chi connectivity index (χ4n) is 2.75. The maximum atomic E-state index is 12.3. The lowest BCUT2D eigenvalue weighted by atomic mass is 10.2. The van der Waals surface area contributed by atoms with Gasteiger partial charge in [0, 0.05) is 40.1 Å². The maximum absolute atomic E-state index is 12.3. The first-order valence-electron chi connectivity index (χ1n) is 7.29. The number of likely N-dealkylation sites (tertiary alicyclic amines) is 1. The Balaban J connectivity index is 1.78. The van der Waals surface area contributed by atoms with Gasteiger partial charge in [-0.2, -0.15) is 4.99 Å². The van der Waals surface area contributed by atoms with Gasteiger partial charge in [-0.15, -0.1) is 22.7 Å². The summed E-state index contributed by atoms with van der Waals surface area (Å²) in [5.74, 6) is 0. The molecule has 1 fully saturated rings. The average molecular weight is 329 g/mol. The predicted octanol–water partition coefficient (Wildman–Crippen LogP) is 3.87. The van der Waals surface area contributed by atoms with Crippen molar-refractivity contribution >= 4 is 38.8 Å². The molecule has 0 bridgehead atoms. The number of benzene rings is 1. The molecule has 1 aliphatic rings. The highest BCUT2D eigenvalue weighted by atomic mass is 32.1. The van der Waals surface area contributed by atoms with Crippen molar-refractivity contribution in [2.45, 2.75) is 12.8 Å². The highest BCUT2D eigenvalue weighted by Gasteiger charge is 2.17. The van der Waals surface area contributed by atoms with Crippen molar-refractivity contribution in [3.63, 3.8) is 0 Å². The summed E-state index contributed by atoms with van der Waals surface area (Å²) in [5.41, 5.74) is 1.09. The molecule has 112 valence electrons. The van der Waals surface area contributed by atoms with Gasteiger partial charge >= 0.3 is 6.03 Å². The number of aromatic nitrogens is 1. The van der Waals surface area contributed by atoms with E-state index in [1.165, 1.54) is 21.4 Å². The minimum Gasteiger partial charge on any atom is -0.323 e. The molecule has 2 amide bonds. The Hall–Kier alpha value is -1.92. The Morgan fingerprint density at radius 2 is 1.95 bits per heavy atom. The number of rotatable bonds is 1. The van der Waals surface area contributed by atoms with Crippen LogP contribution in [0.5, 0.6) is 0 Å². The van der Waals surface area contributed by atoms with Gasteiger partial charge in [-0.25, -0.2) is 4.79 Å². The van der Waals surface area contributed by atoms with Crippen molar-refractivity contribution in [2.75, 3.05) is 13.1 Å². The van der Waals surface area contributed by atoms with Gasteiger partial charge in [0.1, 0.15) is 0 Å². The van der Waals surface area contributed by atoms with Gasteiger partial charge in [0.15, 0.2) is 4.80 Å². The zero-order valence-electron chi connectivity index (χ0n) is 11.9. The van der Waals surface area contributed by atoms with Gasteiger partial charge in [0.25, 0.3) is 0 Å². The molecule has 0 atom stereocenters. The molecule has 0 radical (unpaired) electrons. The Morgan fingerprint density at radius 3 is 2.82 bits per heavy atom. The second-order valence-electron chi connectivity index (χ2n) is 5.26. The van der Waals surface area contributed by atoms with Gasteiger partial charge in [0.2, 0.25) is 0 Å². The van der Waals surface area contributed by atoms with Crippen molar-refractivity contribution in [1.82, 2.24) is 9.47 Å². The summed E-state index contributed by atoms with van der Waals surface area (Å²) < 4.78 is 3.25. The van der Waals surface area contributed by atoms with Crippen molar-refractivity contribution in [3.8, 4) is 5.69 Å². The molecule has 0 spiro atoms. The van der Waals surface area contributed by atoms with E-state index in [2.05, 4.69) is 22.5 Å². The van der Waals surface area contributed by atoms with Crippen LogP contribution in [0.25, 0.3) is 15.8 Å². The van der Waals surface area contributed by atoms with E-state index in [-0.39, 0.29) is 6.03 Å². The van der Waals surface area contributed by atoms with E-state index in [4.69, 9.17) is 0 Å². The van der Waals surface area contributed by atoms with E-state index in [0.717, 1.165) is 36.4 Å². The highest BCUT2D eigenvalue weighted by Crippen LogP contribution is 2.28. The summed E-state index contributed by atoms with van der Waals surface area (Å²) in [4.78, 5) is 19.2. The Bertz CT molecular complexity index is 884. The molecule has 22 heavy (non-hydrogen) atoms. The lowest BCUT2D eigenvalue weighted by Crippen LogP contribution is -2.27. The summed E-state index contributed by atoms with van der Waals surface area (Å²) in [6, 6.07) is 8.19. The Morgan fingerprint density at radius 1 is 1.14 bits per heavy atom. The van der Waals surface area contributed by atoms with E-state index < -0.39 is 0 Å². The third kappa shape index (κ3) is 2.38. The zero-order chi connectivity index (χ0) is 14.9. The minimum atomic E-state index is -0.117. The molecule has 4 nitrogen and oxygen atoms in total. The number of carbonyl (C=O) groups is 1. The second kappa shape index (κ2) is 5.70. The molecule has 0 aliphatic carbocycles. The summed E-state index contributed by atoms with van der Waals surface area (Å²) in [5, 5.41) is 5.29. The molecular weight excluding hydrogens is 314 g/mol. The number of nitrogens with zero attached hydrogens (tertiary/aromatic N) is 3. The molecule has 1 aromatic carbocycles. The molecule has 3 heterocycles. The van der Waals surface area contributed by atoms with Crippen LogP contribution in [0, 0.1) is 0 Å². The molecule has 0 saturated carbocycles. The predicted molar refractivity (Wildman–Crippen MR) is 90.8 cm³/mol. The first kappa shape index (κ1) is 13.7. The lowest BCUT2D eigenvalue weighted by Gasteiger charge is -2.10. The largest absolute Gasteiger partial charge is 0.346 e. The molecule has 6 heteroatoms. The Labute approximate surface area is 136 Å². The smallest absolute Gasteiger partial charge is 0.323 e. The molecule has 3 aromatic rings. The van der Waals surface area contributed by atoms with E-state index in [9.17, 15) is 4.79 Å². The number of thiophene rings is 1. The molecule has 0 N–H and O–H groups in total. The van der Waals surface area contributed by atoms with Crippen LogP contribution in [0.1, 0.15) is 12.8 Å². The number of fused-ring (bicyclic) bond motifs is 1. The normalized spacial score (nSPS) is 15.8. The van der Waals surface area contributed by atoms with Crippen LogP contribution in [0.15, 0.2) is 46.2 Å². The van der Waals surface area contributed by atoms with E-state index in [1.807, 2.05) is 33.2 Å². The zero-order valence-corrected chi connectivity index (χ0v) is 13.6. The summed E-state index contributed by atoms with van der Waals surface area (Å²) in [6.07, 6.45) is 4.15. The summed E-state index contributed by atoms with van der Waals surface area (Å²) in [7, 11) is 0. The number of carbonyl (C=O) groups excluding carboxylic acids is 1. The molecule has 0 unspecified atom stereocenters. The molecule has 4 rings (SSSR count). The van der Waals surface area contributed by atoms with Crippen molar-refractivity contribution in [1.29, 1.82) is 0 Å². The summed E-state index contributed by atoms with van der Waals surface area (Å²) >= 11 is 3.21. The SMILES string of the molecule is O=C(N=c1sccn1-c1csc2ccccc12)N1CCCC1. The van der Waals surface area contributed by atoms with Gasteiger partial charge < -0.3 is 4.90 Å². The third-order valence-corrected chi connectivity index (χ3v) is 5.59. The molecule has 1 aliphatic heterocycles. The van der Waals surface area contributed by atoms with E-state index in [0.29, 0.717) is 0 Å². The maximum Gasteiger partial charge on any atom is 0.346 e. The van der Waals surface area contributed by atoms with Crippen LogP contribution in [-0.2, 0) is 0 Å². The number of hydrogen-bond donors (Lipinski definition) is 0. The van der Waals surface area contributed by atoms with E-state index in [1.54, 1.807) is 11.3 Å². The Kier molecular flexibility index (Phi) is 3.56. The molecule has 1 saturated heterocycles. The monoisotopic (exact) mass is 329 g/mol.